The molecule has 2 rings (SSSR count). The minimum atomic E-state index is 0.0810. The van der Waals surface area contributed by atoms with E-state index in [1.54, 1.807) is 6.20 Å². The summed E-state index contributed by atoms with van der Waals surface area (Å²) >= 11 is 0. The first kappa shape index (κ1) is 11.1. The SMILES string of the molecule is CNc1nccc(NC2(C)CCOCC2)n1. The summed E-state index contributed by atoms with van der Waals surface area (Å²) in [5.41, 5.74) is 0.0810. The summed E-state index contributed by atoms with van der Waals surface area (Å²) in [7, 11) is 1.81. The van der Waals surface area contributed by atoms with Gasteiger partial charge in [-0.3, -0.25) is 0 Å². The number of rotatable bonds is 3. The number of nitrogens with zero attached hydrogens (tertiary/aromatic N) is 2. The lowest BCUT2D eigenvalue weighted by atomic mass is 9.92. The molecule has 1 saturated heterocycles. The largest absolute Gasteiger partial charge is 0.381 e. The summed E-state index contributed by atoms with van der Waals surface area (Å²) in [6.45, 7) is 3.83. The van der Waals surface area contributed by atoms with Gasteiger partial charge in [0.1, 0.15) is 5.82 Å². The molecule has 0 saturated carbocycles. The lowest BCUT2D eigenvalue weighted by Crippen LogP contribution is -2.40. The lowest BCUT2D eigenvalue weighted by molar-refractivity contribution is 0.0657. The van der Waals surface area contributed by atoms with Crippen LogP contribution in [0, 0.1) is 0 Å². The standard InChI is InChI=1S/C11H18N4O/c1-11(4-7-16-8-5-11)15-9-3-6-13-10(12-2)14-9/h3,6H,4-5,7-8H2,1-2H3,(H2,12,13,14,15). The zero-order chi connectivity index (χ0) is 11.4. The first-order valence-corrected chi connectivity index (χ1v) is 5.59. The number of anilines is 2. The van der Waals surface area contributed by atoms with Crippen LogP contribution >= 0.6 is 0 Å². The average molecular weight is 222 g/mol. The zero-order valence-electron chi connectivity index (χ0n) is 9.79. The van der Waals surface area contributed by atoms with Crippen LogP contribution in [0.25, 0.3) is 0 Å². The number of nitrogens with one attached hydrogen (secondary N) is 2. The molecule has 0 bridgehead atoms. The maximum Gasteiger partial charge on any atom is 0.224 e. The van der Waals surface area contributed by atoms with Crippen molar-refractivity contribution in [3.63, 3.8) is 0 Å². The first-order chi connectivity index (χ1) is 7.72. The Balaban J connectivity index is 2.07. The Hall–Kier alpha value is -1.36. The number of hydrogen-bond donors (Lipinski definition) is 2. The van der Waals surface area contributed by atoms with E-state index in [0.717, 1.165) is 31.9 Å². The number of aromatic nitrogens is 2. The van der Waals surface area contributed by atoms with Crippen molar-refractivity contribution in [1.29, 1.82) is 0 Å². The highest BCUT2D eigenvalue weighted by Crippen LogP contribution is 2.24. The van der Waals surface area contributed by atoms with E-state index in [-0.39, 0.29) is 5.54 Å². The molecule has 2 N–H and O–H groups in total. The third-order valence-corrected chi connectivity index (χ3v) is 2.91. The van der Waals surface area contributed by atoms with Gasteiger partial charge in [-0.2, -0.15) is 4.98 Å². The van der Waals surface area contributed by atoms with Crippen molar-refractivity contribution in [3.8, 4) is 0 Å². The van der Waals surface area contributed by atoms with Crippen molar-refractivity contribution in [1.82, 2.24) is 9.97 Å². The summed E-state index contributed by atoms with van der Waals surface area (Å²) < 4.78 is 5.36. The van der Waals surface area contributed by atoms with Gasteiger partial charge in [-0.15, -0.1) is 0 Å². The maximum atomic E-state index is 5.36. The molecular weight excluding hydrogens is 204 g/mol. The van der Waals surface area contributed by atoms with Crippen LogP contribution in [0.2, 0.25) is 0 Å². The molecule has 5 heteroatoms. The molecule has 2 heterocycles. The van der Waals surface area contributed by atoms with Crippen LogP contribution in [0.5, 0.6) is 0 Å². The van der Waals surface area contributed by atoms with Crippen LogP contribution in [-0.4, -0.2) is 35.8 Å². The molecule has 1 aliphatic heterocycles. The van der Waals surface area contributed by atoms with E-state index in [1.807, 2.05) is 13.1 Å². The van der Waals surface area contributed by atoms with Gasteiger partial charge in [0.25, 0.3) is 0 Å². The average Bonchev–Trinajstić information content (AvgIpc) is 2.29. The summed E-state index contributed by atoms with van der Waals surface area (Å²) in [5, 5.41) is 6.39. The van der Waals surface area contributed by atoms with E-state index in [2.05, 4.69) is 27.5 Å². The summed E-state index contributed by atoms with van der Waals surface area (Å²) in [4.78, 5) is 8.44. The fourth-order valence-electron chi connectivity index (χ4n) is 1.80. The third-order valence-electron chi connectivity index (χ3n) is 2.91. The van der Waals surface area contributed by atoms with Gasteiger partial charge >= 0.3 is 0 Å². The molecule has 0 amide bonds. The highest BCUT2D eigenvalue weighted by Gasteiger charge is 2.27. The molecule has 16 heavy (non-hydrogen) atoms. The van der Waals surface area contributed by atoms with Crippen molar-refractivity contribution in [3.05, 3.63) is 12.3 Å². The second-order valence-electron chi connectivity index (χ2n) is 4.31. The van der Waals surface area contributed by atoms with E-state index in [9.17, 15) is 0 Å². The zero-order valence-corrected chi connectivity index (χ0v) is 9.79. The van der Waals surface area contributed by atoms with E-state index in [0.29, 0.717) is 5.95 Å². The maximum absolute atomic E-state index is 5.36. The summed E-state index contributed by atoms with van der Waals surface area (Å²) in [6.07, 6.45) is 3.77. The highest BCUT2D eigenvalue weighted by molar-refractivity contribution is 5.41. The summed E-state index contributed by atoms with van der Waals surface area (Å²) in [6, 6.07) is 1.89. The van der Waals surface area contributed by atoms with Gasteiger partial charge in [0.2, 0.25) is 5.95 Å². The van der Waals surface area contributed by atoms with Gasteiger partial charge in [0, 0.05) is 32.0 Å². The van der Waals surface area contributed by atoms with Gasteiger partial charge in [-0.05, 0) is 25.8 Å². The highest BCUT2D eigenvalue weighted by atomic mass is 16.5. The predicted molar refractivity (Wildman–Crippen MR) is 63.7 cm³/mol. The molecule has 1 aromatic heterocycles. The van der Waals surface area contributed by atoms with Gasteiger partial charge in [0.15, 0.2) is 0 Å². The lowest BCUT2D eigenvalue weighted by Gasteiger charge is -2.34. The second kappa shape index (κ2) is 4.65. The van der Waals surface area contributed by atoms with Crippen LogP contribution in [0.15, 0.2) is 12.3 Å². The monoisotopic (exact) mass is 222 g/mol. The normalized spacial score (nSPS) is 19.1. The van der Waals surface area contributed by atoms with Gasteiger partial charge in [-0.25, -0.2) is 4.98 Å². The molecule has 0 unspecified atom stereocenters. The van der Waals surface area contributed by atoms with Crippen LogP contribution < -0.4 is 10.6 Å². The van der Waals surface area contributed by atoms with E-state index in [4.69, 9.17) is 4.74 Å². The van der Waals surface area contributed by atoms with E-state index < -0.39 is 0 Å². The van der Waals surface area contributed by atoms with Gasteiger partial charge in [-0.1, -0.05) is 0 Å². The number of hydrogen-bond acceptors (Lipinski definition) is 5. The Morgan fingerprint density at radius 1 is 1.38 bits per heavy atom. The van der Waals surface area contributed by atoms with Crippen molar-refractivity contribution >= 4 is 11.8 Å². The predicted octanol–water partition coefficient (Wildman–Crippen LogP) is 1.50. The Bertz CT molecular complexity index is 350. The molecule has 0 radical (unpaired) electrons. The van der Waals surface area contributed by atoms with Crippen LogP contribution in [-0.2, 0) is 4.74 Å². The van der Waals surface area contributed by atoms with Gasteiger partial charge in [0.05, 0.1) is 0 Å². The summed E-state index contributed by atoms with van der Waals surface area (Å²) in [5.74, 6) is 1.50. The molecule has 0 aromatic carbocycles. The van der Waals surface area contributed by atoms with Crippen molar-refractivity contribution in [2.24, 2.45) is 0 Å². The second-order valence-corrected chi connectivity index (χ2v) is 4.31. The minimum absolute atomic E-state index is 0.0810. The fourth-order valence-corrected chi connectivity index (χ4v) is 1.80. The van der Waals surface area contributed by atoms with Crippen LogP contribution in [0.1, 0.15) is 19.8 Å². The smallest absolute Gasteiger partial charge is 0.224 e. The molecule has 0 spiro atoms. The van der Waals surface area contributed by atoms with Crippen molar-refractivity contribution in [2.75, 3.05) is 30.9 Å². The Morgan fingerprint density at radius 3 is 2.81 bits per heavy atom. The number of ether oxygens (including phenoxy) is 1. The topological polar surface area (TPSA) is 59.1 Å². The quantitative estimate of drug-likeness (QED) is 0.811. The van der Waals surface area contributed by atoms with E-state index in [1.165, 1.54) is 0 Å². The van der Waals surface area contributed by atoms with Crippen LogP contribution in [0.3, 0.4) is 0 Å². The van der Waals surface area contributed by atoms with Crippen LogP contribution in [0.4, 0.5) is 11.8 Å². The van der Waals surface area contributed by atoms with Crippen molar-refractivity contribution in [2.45, 2.75) is 25.3 Å². The Labute approximate surface area is 95.6 Å². The molecule has 88 valence electrons. The molecule has 1 aliphatic rings. The minimum Gasteiger partial charge on any atom is -0.381 e. The Kier molecular flexibility index (Phi) is 3.24. The molecule has 0 atom stereocenters. The molecule has 1 fully saturated rings. The molecule has 5 nitrogen and oxygen atoms in total. The Morgan fingerprint density at radius 2 is 2.12 bits per heavy atom. The fraction of sp³-hybridized carbons (Fsp3) is 0.636. The third kappa shape index (κ3) is 2.61. The first-order valence-electron chi connectivity index (χ1n) is 5.59. The van der Waals surface area contributed by atoms with Gasteiger partial charge < -0.3 is 15.4 Å². The molecular formula is C11H18N4O. The van der Waals surface area contributed by atoms with E-state index >= 15 is 0 Å². The molecule has 1 aromatic rings. The molecule has 0 aliphatic carbocycles. The van der Waals surface area contributed by atoms with Crippen molar-refractivity contribution < 1.29 is 4.74 Å².